The van der Waals surface area contributed by atoms with Crippen LogP contribution < -0.4 is 9.47 Å². The second-order valence-corrected chi connectivity index (χ2v) is 3.26. The highest BCUT2D eigenvalue weighted by Crippen LogP contribution is 2.33. The van der Waals surface area contributed by atoms with Gasteiger partial charge in [-0.2, -0.15) is 0 Å². The number of benzene rings is 1. The van der Waals surface area contributed by atoms with E-state index >= 15 is 0 Å². The molecule has 13 heavy (non-hydrogen) atoms. The molecule has 0 saturated heterocycles. The number of ether oxygens (including phenoxy) is 2. The Morgan fingerprint density at radius 3 is 3.08 bits per heavy atom. The van der Waals surface area contributed by atoms with Crippen LogP contribution in [0.4, 0.5) is 0 Å². The Labute approximate surface area is 80.8 Å². The highest BCUT2D eigenvalue weighted by Gasteiger charge is 2.19. The van der Waals surface area contributed by atoms with Crippen LogP contribution in [0, 0.1) is 0 Å². The second-order valence-electron chi connectivity index (χ2n) is 2.82. The fourth-order valence-electron chi connectivity index (χ4n) is 1.18. The van der Waals surface area contributed by atoms with E-state index in [1.807, 2.05) is 0 Å². The van der Waals surface area contributed by atoms with E-state index in [1.54, 1.807) is 18.2 Å². The summed E-state index contributed by atoms with van der Waals surface area (Å²) in [6.45, 7) is 0.325. The molecule has 4 heteroatoms. The summed E-state index contributed by atoms with van der Waals surface area (Å²) in [5, 5.41) is 9.46. The highest BCUT2D eigenvalue weighted by atomic mass is 35.5. The predicted molar refractivity (Wildman–Crippen MR) is 48.4 cm³/mol. The van der Waals surface area contributed by atoms with Crippen LogP contribution in [-0.4, -0.2) is 24.4 Å². The van der Waals surface area contributed by atoms with Crippen LogP contribution >= 0.6 is 11.6 Å². The van der Waals surface area contributed by atoms with Gasteiger partial charge >= 0.3 is 0 Å². The predicted octanol–water partition coefficient (Wildman–Crippen LogP) is 1.47. The molecule has 0 bridgehead atoms. The molecule has 1 aromatic rings. The fraction of sp³-hybridized carbons (Fsp3) is 0.333. The molecule has 0 radical (unpaired) electrons. The topological polar surface area (TPSA) is 38.7 Å². The first-order valence-electron chi connectivity index (χ1n) is 3.99. The molecule has 1 N–H and O–H groups in total. The van der Waals surface area contributed by atoms with Gasteiger partial charge in [0.2, 0.25) is 0 Å². The molecule has 1 heterocycles. The zero-order chi connectivity index (χ0) is 9.26. The van der Waals surface area contributed by atoms with Crippen molar-refractivity contribution in [3.05, 3.63) is 23.2 Å². The molecule has 3 nitrogen and oxygen atoms in total. The van der Waals surface area contributed by atoms with Crippen molar-refractivity contribution in [1.82, 2.24) is 0 Å². The van der Waals surface area contributed by atoms with E-state index in [2.05, 4.69) is 0 Å². The maximum absolute atomic E-state index is 8.84. The average molecular weight is 201 g/mol. The number of fused-ring (bicyclic) bond motifs is 1. The van der Waals surface area contributed by atoms with Gasteiger partial charge in [0, 0.05) is 11.1 Å². The summed E-state index contributed by atoms with van der Waals surface area (Å²) >= 11 is 5.76. The number of halogens is 1. The van der Waals surface area contributed by atoms with Gasteiger partial charge in [0.15, 0.2) is 17.6 Å². The van der Waals surface area contributed by atoms with Crippen LogP contribution in [0.2, 0.25) is 5.02 Å². The fourth-order valence-corrected chi connectivity index (χ4v) is 1.34. The molecule has 70 valence electrons. The summed E-state index contributed by atoms with van der Waals surface area (Å²) in [6, 6.07) is 5.16. The summed E-state index contributed by atoms with van der Waals surface area (Å²) in [5.41, 5.74) is 0. The lowest BCUT2D eigenvalue weighted by atomic mass is 10.3. The molecule has 1 aliphatic rings. The minimum atomic E-state index is -0.270. The van der Waals surface area contributed by atoms with E-state index in [1.165, 1.54) is 0 Å². The number of hydrogen-bond acceptors (Lipinski definition) is 3. The van der Waals surface area contributed by atoms with Crippen LogP contribution in [0.5, 0.6) is 11.5 Å². The Kier molecular flexibility index (Phi) is 2.29. The molecular formula is C9H9ClO3. The lowest BCUT2D eigenvalue weighted by Gasteiger charge is -2.24. The molecule has 0 spiro atoms. The van der Waals surface area contributed by atoms with E-state index in [0.717, 1.165) is 0 Å². The smallest absolute Gasteiger partial charge is 0.162 e. The molecule has 0 saturated carbocycles. The molecule has 1 aliphatic heterocycles. The van der Waals surface area contributed by atoms with Gasteiger partial charge < -0.3 is 14.6 Å². The third-order valence-electron chi connectivity index (χ3n) is 1.83. The Morgan fingerprint density at radius 1 is 1.46 bits per heavy atom. The summed E-state index contributed by atoms with van der Waals surface area (Å²) in [4.78, 5) is 0. The maximum Gasteiger partial charge on any atom is 0.162 e. The van der Waals surface area contributed by atoms with Crippen molar-refractivity contribution in [2.24, 2.45) is 0 Å². The van der Waals surface area contributed by atoms with E-state index in [0.29, 0.717) is 23.1 Å². The minimum absolute atomic E-state index is 0.0396. The SMILES string of the molecule is OC[C@@H]1COc2cc(Cl)ccc2O1. The molecule has 0 unspecified atom stereocenters. The zero-order valence-electron chi connectivity index (χ0n) is 6.87. The third-order valence-corrected chi connectivity index (χ3v) is 2.06. The Balaban J connectivity index is 2.26. The van der Waals surface area contributed by atoms with Gasteiger partial charge in [-0.1, -0.05) is 11.6 Å². The van der Waals surface area contributed by atoms with E-state index in [-0.39, 0.29) is 12.7 Å². The molecule has 0 amide bonds. The van der Waals surface area contributed by atoms with Crippen molar-refractivity contribution in [2.75, 3.05) is 13.2 Å². The van der Waals surface area contributed by atoms with E-state index in [9.17, 15) is 0 Å². The monoisotopic (exact) mass is 200 g/mol. The van der Waals surface area contributed by atoms with Crippen molar-refractivity contribution in [2.45, 2.75) is 6.10 Å². The molecule has 0 fully saturated rings. The minimum Gasteiger partial charge on any atom is -0.486 e. The number of aliphatic hydroxyl groups excluding tert-OH is 1. The first-order chi connectivity index (χ1) is 6.29. The number of hydrogen-bond donors (Lipinski definition) is 1. The standard InChI is InChI=1S/C9H9ClO3/c10-6-1-2-8-9(3-6)12-5-7(4-11)13-8/h1-3,7,11H,4-5H2/t7-/m1/s1. The van der Waals surface area contributed by atoms with Gasteiger partial charge in [0.25, 0.3) is 0 Å². The van der Waals surface area contributed by atoms with Gasteiger partial charge in [-0.25, -0.2) is 0 Å². The van der Waals surface area contributed by atoms with Gasteiger partial charge in [-0.15, -0.1) is 0 Å². The number of rotatable bonds is 1. The normalized spacial score (nSPS) is 20.0. The van der Waals surface area contributed by atoms with E-state index < -0.39 is 0 Å². The van der Waals surface area contributed by atoms with Crippen molar-refractivity contribution in [3.63, 3.8) is 0 Å². The summed E-state index contributed by atoms with van der Waals surface area (Å²) in [6.07, 6.45) is -0.270. The van der Waals surface area contributed by atoms with E-state index in [4.69, 9.17) is 26.2 Å². The maximum atomic E-state index is 8.84. The highest BCUT2D eigenvalue weighted by molar-refractivity contribution is 6.30. The van der Waals surface area contributed by atoms with Crippen LogP contribution in [-0.2, 0) is 0 Å². The summed E-state index contributed by atoms with van der Waals surface area (Å²) in [7, 11) is 0. The first-order valence-corrected chi connectivity index (χ1v) is 4.37. The molecule has 1 atom stereocenters. The Hall–Kier alpha value is -0.930. The summed E-state index contributed by atoms with van der Waals surface area (Å²) in [5.74, 6) is 1.27. The second kappa shape index (κ2) is 3.44. The Bertz CT molecular complexity index is 314. The van der Waals surface area contributed by atoms with Crippen molar-refractivity contribution < 1.29 is 14.6 Å². The van der Waals surface area contributed by atoms with Crippen molar-refractivity contribution >= 4 is 11.6 Å². The van der Waals surface area contributed by atoms with Gasteiger partial charge in [-0.05, 0) is 12.1 Å². The molecule has 2 rings (SSSR count). The Morgan fingerprint density at radius 2 is 2.31 bits per heavy atom. The quantitative estimate of drug-likeness (QED) is 0.746. The zero-order valence-corrected chi connectivity index (χ0v) is 7.62. The van der Waals surface area contributed by atoms with Crippen LogP contribution in [0.3, 0.4) is 0 Å². The third kappa shape index (κ3) is 1.71. The molecule has 1 aromatic carbocycles. The van der Waals surface area contributed by atoms with Gasteiger partial charge in [0.1, 0.15) is 6.61 Å². The van der Waals surface area contributed by atoms with Gasteiger partial charge in [-0.3, -0.25) is 0 Å². The molecule has 0 aliphatic carbocycles. The summed E-state index contributed by atoms with van der Waals surface area (Å²) < 4.78 is 10.7. The molecule has 0 aromatic heterocycles. The van der Waals surface area contributed by atoms with Crippen molar-refractivity contribution in [1.29, 1.82) is 0 Å². The largest absolute Gasteiger partial charge is 0.486 e. The average Bonchev–Trinajstić information content (AvgIpc) is 2.17. The lowest BCUT2D eigenvalue weighted by Crippen LogP contribution is -2.32. The lowest BCUT2D eigenvalue weighted by molar-refractivity contribution is 0.0456. The van der Waals surface area contributed by atoms with Crippen LogP contribution in [0.1, 0.15) is 0 Å². The number of aliphatic hydroxyl groups is 1. The van der Waals surface area contributed by atoms with Crippen molar-refractivity contribution in [3.8, 4) is 11.5 Å². The van der Waals surface area contributed by atoms with Gasteiger partial charge in [0.05, 0.1) is 6.61 Å². The first kappa shape index (κ1) is 8.66. The van der Waals surface area contributed by atoms with Crippen LogP contribution in [0.25, 0.3) is 0 Å². The molecular weight excluding hydrogens is 192 g/mol. The van der Waals surface area contributed by atoms with Crippen LogP contribution in [0.15, 0.2) is 18.2 Å².